The Kier molecular flexibility index (Phi) is 3.98. The number of hydrogen-bond donors (Lipinski definition) is 0. The number of rotatable bonds is 3. The third kappa shape index (κ3) is 2.90. The largest absolute Gasteiger partial charge is 0.311 e. The Morgan fingerprint density at radius 3 is 2.45 bits per heavy atom. The van der Waals surface area contributed by atoms with Gasteiger partial charge in [0.15, 0.2) is 9.84 Å². The van der Waals surface area contributed by atoms with Crippen molar-refractivity contribution in [1.82, 2.24) is 0 Å². The van der Waals surface area contributed by atoms with E-state index in [1.807, 2.05) is 24.3 Å². The molecule has 5 heteroatoms. The van der Waals surface area contributed by atoms with E-state index < -0.39 is 15.6 Å². The lowest BCUT2D eigenvalue weighted by molar-refractivity contribution is -0.116. The molecule has 1 heterocycles. The second kappa shape index (κ2) is 5.93. The minimum absolute atomic E-state index is 0.189. The van der Waals surface area contributed by atoms with E-state index in [2.05, 4.69) is 0 Å². The second-order valence-corrected chi connectivity index (χ2v) is 7.34. The quantitative estimate of drug-likeness (QED) is 0.874. The van der Waals surface area contributed by atoms with Gasteiger partial charge in [-0.25, -0.2) is 8.42 Å². The summed E-state index contributed by atoms with van der Waals surface area (Å²) in [5, 5.41) is 0. The maximum atomic E-state index is 12.5. The molecular formula is C17H17NO3S. The summed E-state index contributed by atoms with van der Waals surface area (Å²) < 4.78 is 24.7. The fourth-order valence-corrected chi connectivity index (χ4v) is 3.96. The predicted octanol–water partition coefficient (Wildman–Crippen LogP) is 2.44. The van der Waals surface area contributed by atoms with Crippen LogP contribution in [0.3, 0.4) is 0 Å². The Morgan fingerprint density at radius 1 is 1.00 bits per heavy atom. The molecule has 114 valence electrons. The summed E-state index contributed by atoms with van der Waals surface area (Å²) in [6.45, 7) is 0.570. The molecule has 1 aliphatic heterocycles. The molecule has 2 aromatic rings. The summed E-state index contributed by atoms with van der Waals surface area (Å²) in [5.41, 5.74) is 1.93. The van der Waals surface area contributed by atoms with Crippen LogP contribution in [-0.2, 0) is 21.1 Å². The monoisotopic (exact) mass is 315 g/mol. The molecule has 0 N–H and O–H groups in total. The minimum Gasteiger partial charge on any atom is -0.311 e. The molecule has 1 amide bonds. The van der Waals surface area contributed by atoms with Gasteiger partial charge in [0.1, 0.15) is 5.75 Å². The average molecular weight is 315 g/mol. The average Bonchev–Trinajstić information content (AvgIpc) is 2.54. The van der Waals surface area contributed by atoms with Crippen LogP contribution in [0.15, 0.2) is 59.5 Å². The van der Waals surface area contributed by atoms with Crippen LogP contribution in [0, 0.1) is 0 Å². The van der Waals surface area contributed by atoms with Gasteiger partial charge in [0.2, 0.25) is 5.91 Å². The van der Waals surface area contributed by atoms with Gasteiger partial charge in [-0.3, -0.25) is 4.79 Å². The molecule has 22 heavy (non-hydrogen) atoms. The number of hydrogen-bond acceptors (Lipinski definition) is 3. The molecule has 0 fully saturated rings. The van der Waals surface area contributed by atoms with Crippen LogP contribution in [0.25, 0.3) is 0 Å². The first kappa shape index (κ1) is 14.8. The topological polar surface area (TPSA) is 54.5 Å². The molecule has 0 spiro atoms. The Bertz CT molecular complexity index is 785. The molecule has 0 atom stereocenters. The maximum Gasteiger partial charge on any atom is 0.242 e. The predicted molar refractivity (Wildman–Crippen MR) is 85.6 cm³/mol. The first-order valence-corrected chi connectivity index (χ1v) is 8.89. The minimum atomic E-state index is -3.60. The van der Waals surface area contributed by atoms with Gasteiger partial charge < -0.3 is 4.90 Å². The highest BCUT2D eigenvalue weighted by Gasteiger charge is 2.27. The number of amides is 1. The molecule has 0 aliphatic carbocycles. The van der Waals surface area contributed by atoms with Gasteiger partial charge in [0.05, 0.1) is 4.90 Å². The zero-order valence-electron chi connectivity index (χ0n) is 12.1. The molecule has 0 radical (unpaired) electrons. The second-order valence-electron chi connectivity index (χ2n) is 5.35. The van der Waals surface area contributed by atoms with Crippen molar-refractivity contribution >= 4 is 21.4 Å². The molecule has 2 aromatic carbocycles. The molecule has 0 aromatic heterocycles. The Hall–Kier alpha value is -2.14. The molecule has 1 aliphatic rings. The van der Waals surface area contributed by atoms with Crippen molar-refractivity contribution in [3.05, 3.63) is 60.2 Å². The molecule has 3 rings (SSSR count). The van der Waals surface area contributed by atoms with Crippen LogP contribution in [-0.4, -0.2) is 26.6 Å². The third-order valence-electron chi connectivity index (χ3n) is 3.83. The maximum absolute atomic E-state index is 12.5. The zero-order valence-corrected chi connectivity index (χ0v) is 12.9. The molecule has 4 nitrogen and oxygen atoms in total. The van der Waals surface area contributed by atoms with Crippen molar-refractivity contribution < 1.29 is 13.2 Å². The molecular weight excluding hydrogens is 298 g/mol. The Balaban J connectivity index is 1.84. The molecule has 0 saturated carbocycles. The molecule has 0 unspecified atom stereocenters. The van der Waals surface area contributed by atoms with Crippen molar-refractivity contribution in [2.75, 3.05) is 17.2 Å². The Labute approximate surface area is 130 Å². The number of aryl methyl sites for hydroxylation is 1. The number of para-hydroxylation sites is 1. The van der Waals surface area contributed by atoms with E-state index in [1.165, 1.54) is 12.1 Å². The first-order chi connectivity index (χ1) is 10.6. The van der Waals surface area contributed by atoms with E-state index in [9.17, 15) is 13.2 Å². The first-order valence-electron chi connectivity index (χ1n) is 7.24. The van der Waals surface area contributed by atoms with E-state index in [1.54, 1.807) is 23.1 Å². The summed E-state index contributed by atoms with van der Waals surface area (Å²) in [7, 11) is -3.60. The van der Waals surface area contributed by atoms with Crippen molar-refractivity contribution in [2.24, 2.45) is 0 Å². The SMILES string of the molecule is O=C(CS(=O)(=O)c1ccccc1)N1CCCc2ccccc21. The highest BCUT2D eigenvalue weighted by atomic mass is 32.2. The standard InChI is InChI=1S/C17H17NO3S/c19-17(13-22(20,21)15-9-2-1-3-10-15)18-12-6-8-14-7-4-5-11-16(14)18/h1-5,7,9-11H,6,8,12-13H2. The fraction of sp³-hybridized carbons (Fsp3) is 0.235. The van der Waals surface area contributed by atoms with E-state index >= 15 is 0 Å². The van der Waals surface area contributed by atoms with E-state index in [-0.39, 0.29) is 10.8 Å². The summed E-state index contributed by atoms with van der Waals surface area (Å²) >= 11 is 0. The summed E-state index contributed by atoms with van der Waals surface area (Å²) in [5.74, 6) is -0.860. The fourth-order valence-electron chi connectivity index (χ4n) is 2.74. The number of benzene rings is 2. The summed E-state index contributed by atoms with van der Waals surface area (Å²) in [4.78, 5) is 14.3. The number of carbonyl (C=O) groups is 1. The van der Waals surface area contributed by atoms with Gasteiger partial charge in [-0.1, -0.05) is 36.4 Å². The number of anilines is 1. The van der Waals surface area contributed by atoms with Crippen molar-refractivity contribution in [3.63, 3.8) is 0 Å². The lowest BCUT2D eigenvalue weighted by atomic mass is 10.0. The van der Waals surface area contributed by atoms with Crippen molar-refractivity contribution in [2.45, 2.75) is 17.7 Å². The lowest BCUT2D eigenvalue weighted by Gasteiger charge is -2.29. The van der Waals surface area contributed by atoms with Gasteiger partial charge in [0.25, 0.3) is 0 Å². The number of carbonyl (C=O) groups excluding carboxylic acids is 1. The van der Waals surface area contributed by atoms with Gasteiger partial charge >= 0.3 is 0 Å². The highest BCUT2D eigenvalue weighted by molar-refractivity contribution is 7.92. The normalized spacial score (nSPS) is 14.5. The molecule has 0 bridgehead atoms. The van der Waals surface area contributed by atoms with Gasteiger partial charge in [0, 0.05) is 12.2 Å². The number of fused-ring (bicyclic) bond motifs is 1. The third-order valence-corrected chi connectivity index (χ3v) is 5.44. The van der Waals surface area contributed by atoms with Crippen LogP contribution in [0.5, 0.6) is 0 Å². The van der Waals surface area contributed by atoms with Crippen LogP contribution < -0.4 is 4.90 Å². The summed E-state index contributed by atoms with van der Waals surface area (Å²) in [6, 6.07) is 15.8. The van der Waals surface area contributed by atoms with Gasteiger partial charge in [-0.15, -0.1) is 0 Å². The van der Waals surface area contributed by atoms with Crippen molar-refractivity contribution in [3.8, 4) is 0 Å². The van der Waals surface area contributed by atoms with E-state index in [0.717, 1.165) is 24.1 Å². The van der Waals surface area contributed by atoms with E-state index in [4.69, 9.17) is 0 Å². The number of nitrogens with zero attached hydrogens (tertiary/aromatic N) is 1. The smallest absolute Gasteiger partial charge is 0.242 e. The van der Waals surface area contributed by atoms with Gasteiger partial charge in [-0.2, -0.15) is 0 Å². The van der Waals surface area contributed by atoms with E-state index in [0.29, 0.717) is 6.54 Å². The Morgan fingerprint density at radius 2 is 1.68 bits per heavy atom. The van der Waals surface area contributed by atoms with Crippen molar-refractivity contribution in [1.29, 1.82) is 0 Å². The molecule has 0 saturated heterocycles. The highest BCUT2D eigenvalue weighted by Crippen LogP contribution is 2.27. The summed E-state index contributed by atoms with van der Waals surface area (Å²) in [6.07, 6.45) is 1.78. The van der Waals surface area contributed by atoms with Gasteiger partial charge in [-0.05, 0) is 36.6 Å². The van der Waals surface area contributed by atoms with Crippen LogP contribution in [0.2, 0.25) is 0 Å². The number of sulfone groups is 1. The lowest BCUT2D eigenvalue weighted by Crippen LogP contribution is -2.39. The zero-order chi connectivity index (χ0) is 15.6. The van der Waals surface area contributed by atoms with Crippen LogP contribution in [0.4, 0.5) is 5.69 Å². The van der Waals surface area contributed by atoms with Crippen LogP contribution in [0.1, 0.15) is 12.0 Å². The van der Waals surface area contributed by atoms with Crippen LogP contribution >= 0.6 is 0 Å².